The van der Waals surface area contributed by atoms with Crippen molar-refractivity contribution in [2.45, 2.75) is 38.3 Å². The summed E-state index contributed by atoms with van der Waals surface area (Å²) in [6, 6.07) is 0.721. The van der Waals surface area contributed by atoms with Gasteiger partial charge in [-0.05, 0) is 37.8 Å². The SMILES string of the molecule is C[C@H](NC(=O)N[C@@H]1CCCc2cn[nH]c21)c1ccncc1F. The van der Waals surface area contributed by atoms with Crippen molar-refractivity contribution in [3.8, 4) is 0 Å². The molecule has 1 aliphatic carbocycles. The fourth-order valence-corrected chi connectivity index (χ4v) is 2.82. The van der Waals surface area contributed by atoms with Gasteiger partial charge in [0, 0.05) is 11.8 Å². The number of carbonyl (C=O) groups excluding carboxylic acids is 1. The Labute approximate surface area is 127 Å². The number of pyridine rings is 1. The van der Waals surface area contributed by atoms with Crippen LogP contribution in [0.2, 0.25) is 0 Å². The van der Waals surface area contributed by atoms with E-state index in [0.29, 0.717) is 5.56 Å². The highest BCUT2D eigenvalue weighted by molar-refractivity contribution is 5.75. The number of halogens is 1. The van der Waals surface area contributed by atoms with Crippen molar-refractivity contribution in [1.29, 1.82) is 0 Å². The van der Waals surface area contributed by atoms with Gasteiger partial charge in [-0.15, -0.1) is 0 Å². The number of aromatic amines is 1. The maximum atomic E-state index is 13.7. The summed E-state index contributed by atoms with van der Waals surface area (Å²) in [7, 11) is 0. The van der Waals surface area contributed by atoms with E-state index in [-0.39, 0.29) is 12.1 Å². The van der Waals surface area contributed by atoms with E-state index in [4.69, 9.17) is 0 Å². The van der Waals surface area contributed by atoms with E-state index in [0.717, 1.165) is 36.7 Å². The van der Waals surface area contributed by atoms with Crippen LogP contribution in [0.25, 0.3) is 0 Å². The van der Waals surface area contributed by atoms with E-state index in [9.17, 15) is 9.18 Å². The van der Waals surface area contributed by atoms with Crippen molar-refractivity contribution in [1.82, 2.24) is 25.8 Å². The number of amides is 2. The van der Waals surface area contributed by atoms with Gasteiger partial charge < -0.3 is 10.6 Å². The summed E-state index contributed by atoms with van der Waals surface area (Å²) in [6.45, 7) is 1.74. The lowest BCUT2D eigenvalue weighted by atomic mass is 9.94. The summed E-state index contributed by atoms with van der Waals surface area (Å²) in [4.78, 5) is 15.8. The van der Waals surface area contributed by atoms with Gasteiger partial charge in [-0.25, -0.2) is 9.18 Å². The van der Waals surface area contributed by atoms with Crippen LogP contribution >= 0.6 is 0 Å². The molecular formula is C15H18FN5O. The van der Waals surface area contributed by atoms with E-state index in [1.807, 2.05) is 0 Å². The highest BCUT2D eigenvalue weighted by Crippen LogP contribution is 2.27. The van der Waals surface area contributed by atoms with Crippen molar-refractivity contribution in [3.63, 3.8) is 0 Å². The number of nitrogens with zero attached hydrogens (tertiary/aromatic N) is 2. The molecule has 2 atom stereocenters. The molecule has 0 aliphatic heterocycles. The Bertz CT molecular complexity index is 671. The summed E-state index contributed by atoms with van der Waals surface area (Å²) in [6.07, 6.45) is 7.29. The molecule has 2 aromatic heterocycles. The first-order valence-corrected chi connectivity index (χ1v) is 7.33. The molecule has 0 saturated carbocycles. The molecule has 0 saturated heterocycles. The Hall–Kier alpha value is -2.44. The molecule has 0 radical (unpaired) electrons. The smallest absolute Gasteiger partial charge is 0.315 e. The van der Waals surface area contributed by atoms with Crippen LogP contribution in [0, 0.1) is 5.82 Å². The molecule has 0 unspecified atom stereocenters. The third-order valence-corrected chi connectivity index (χ3v) is 3.96. The Morgan fingerprint density at radius 3 is 3.18 bits per heavy atom. The fraction of sp³-hybridized carbons (Fsp3) is 0.400. The van der Waals surface area contributed by atoms with Crippen LogP contribution in [0.1, 0.15) is 48.7 Å². The molecule has 3 N–H and O–H groups in total. The first kappa shape index (κ1) is 14.5. The quantitative estimate of drug-likeness (QED) is 0.814. The lowest BCUT2D eigenvalue weighted by Gasteiger charge is -2.24. The van der Waals surface area contributed by atoms with Gasteiger partial charge in [0.25, 0.3) is 0 Å². The maximum absolute atomic E-state index is 13.7. The number of nitrogens with one attached hydrogen (secondary N) is 3. The Balaban J connectivity index is 1.63. The highest BCUT2D eigenvalue weighted by Gasteiger charge is 2.24. The molecule has 22 heavy (non-hydrogen) atoms. The van der Waals surface area contributed by atoms with Crippen molar-refractivity contribution in [2.75, 3.05) is 0 Å². The fourth-order valence-electron chi connectivity index (χ4n) is 2.82. The summed E-state index contributed by atoms with van der Waals surface area (Å²) < 4.78 is 13.7. The van der Waals surface area contributed by atoms with E-state index in [2.05, 4.69) is 25.8 Å². The van der Waals surface area contributed by atoms with Crippen LogP contribution in [0.3, 0.4) is 0 Å². The summed E-state index contributed by atoms with van der Waals surface area (Å²) in [5.74, 6) is -0.427. The Morgan fingerprint density at radius 1 is 1.50 bits per heavy atom. The van der Waals surface area contributed by atoms with E-state index < -0.39 is 11.9 Å². The number of carbonyl (C=O) groups is 1. The second-order valence-corrected chi connectivity index (χ2v) is 5.49. The molecule has 3 rings (SSSR count). The van der Waals surface area contributed by atoms with Crippen molar-refractivity contribution >= 4 is 6.03 Å². The average Bonchev–Trinajstić information content (AvgIpc) is 2.97. The summed E-state index contributed by atoms with van der Waals surface area (Å²) >= 11 is 0. The molecule has 0 bridgehead atoms. The van der Waals surface area contributed by atoms with Crippen LogP contribution in [0.4, 0.5) is 9.18 Å². The molecule has 2 heterocycles. The first-order valence-electron chi connectivity index (χ1n) is 7.33. The second-order valence-electron chi connectivity index (χ2n) is 5.49. The maximum Gasteiger partial charge on any atom is 0.315 e. The van der Waals surface area contributed by atoms with Gasteiger partial charge in [0.15, 0.2) is 0 Å². The van der Waals surface area contributed by atoms with Gasteiger partial charge in [0.1, 0.15) is 5.82 Å². The van der Waals surface area contributed by atoms with E-state index in [1.54, 1.807) is 19.2 Å². The number of fused-ring (bicyclic) bond motifs is 1. The highest BCUT2D eigenvalue weighted by atomic mass is 19.1. The predicted octanol–water partition coefficient (Wildman–Crippen LogP) is 2.38. The van der Waals surface area contributed by atoms with Gasteiger partial charge in [-0.2, -0.15) is 5.10 Å². The van der Waals surface area contributed by atoms with Gasteiger partial charge in [-0.1, -0.05) is 0 Å². The number of H-pyrrole nitrogens is 1. The predicted molar refractivity (Wildman–Crippen MR) is 78.5 cm³/mol. The zero-order valence-corrected chi connectivity index (χ0v) is 12.3. The van der Waals surface area contributed by atoms with Crippen molar-refractivity contribution < 1.29 is 9.18 Å². The van der Waals surface area contributed by atoms with Crippen molar-refractivity contribution in [3.05, 3.63) is 47.3 Å². The van der Waals surface area contributed by atoms with Gasteiger partial charge in [-0.3, -0.25) is 10.1 Å². The summed E-state index contributed by atoms with van der Waals surface area (Å²) in [5.41, 5.74) is 2.52. The minimum absolute atomic E-state index is 0.0827. The number of aromatic nitrogens is 3. The molecular weight excluding hydrogens is 285 g/mol. The van der Waals surface area contributed by atoms with Crippen molar-refractivity contribution in [2.24, 2.45) is 0 Å². The first-order chi connectivity index (χ1) is 10.6. The molecule has 1 aliphatic rings. The Kier molecular flexibility index (Phi) is 4.04. The molecule has 2 amide bonds. The minimum Gasteiger partial charge on any atom is -0.332 e. The molecule has 0 spiro atoms. The lowest BCUT2D eigenvalue weighted by Crippen LogP contribution is -2.40. The zero-order valence-electron chi connectivity index (χ0n) is 12.3. The Morgan fingerprint density at radius 2 is 2.36 bits per heavy atom. The van der Waals surface area contributed by atoms with Crippen LogP contribution in [-0.4, -0.2) is 21.2 Å². The van der Waals surface area contributed by atoms with Gasteiger partial charge in [0.2, 0.25) is 0 Å². The number of rotatable bonds is 3. The zero-order chi connectivity index (χ0) is 15.5. The van der Waals surface area contributed by atoms with Crippen LogP contribution in [0.15, 0.2) is 24.7 Å². The topological polar surface area (TPSA) is 82.7 Å². The standard InChI is InChI=1S/C15H18FN5O/c1-9(11-5-6-17-8-12(11)16)19-15(22)20-13-4-2-3-10-7-18-21-14(10)13/h5-9,13H,2-4H2,1H3,(H,18,21)(H2,19,20,22)/t9-,13+/m0/s1. The lowest BCUT2D eigenvalue weighted by molar-refractivity contribution is 0.232. The average molecular weight is 303 g/mol. The largest absolute Gasteiger partial charge is 0.332 e. The van der Waals surface area contributed by atoms with Crippen LogP contribution < -0.4 is 10.6 Å². The second kappa shape index (κ2) is 6.13. The van der Waals surface area contributed by atoms with Crippen LogP contribution in [0.5, 0.6) is 0 Å². The van der Waals surface area contributed by atoms with Gasteiger partial charge in [0.05, 0.1) is 30.2 Å². The number of urea groups is 1. The van der Waals surface area contributed by atoms with E-state index >= 15 is 0 Å². The minimum atomic E-state index is -0.437. The number of hydrogen-bond acceptors (Lipinski definition) is 3. The molecule has 0 fully saturated rings. The van der Waals surface area contributed by atoms with Crippen LogP contribution in [-0.2, 0) is 6.42 Å². The third-order valence-electron chi connectivity index (χ3n) is 3.96. The van der Waals surface area contributed by atoms with Gasteiger partial charge >= 0.3 is 6.03 Å². The number of aryl methyl sites for hydroxylation is 1. The summed E-state index contributed by atoms with van der Waals surface area (Å²) in [5, 5.41) is 12.7. The molecule has 116 valence electrons. The normalized spacial score (nSPS) is 18.4. The molecule has 7 heteroatoms. The monoisotopic (exact) mass is 303 g/mol. The van der Waals surface area contributed by atoms with E-state index in [1.165, 1.54) is 6.20 Å². The molecule has 2 aromatic rings. The third kappa shape index (κ3) is 2.93. The molecule has 0 aromatic carbocycles. The molecule has 6 nitrogen and oxygen atoms in total. The number of hydrogen-bond donors (Lipinski definition) is 3.